The Morgan fingerprint density at radius 2 is 1.51 bits per heavy atom. The Hall–Kier alpha value is -4.42. The molecule has 2 amide bonds. The van der Waals surface area contributed by atoms with E-state index in [1.807, 2.05) is 70.5 Å². The molecule has 6 rings (SSSR count). The zero-order valence-corrected chi connectivity index (χ0v) is 23.8. The number of carbonyl (C=O) groups excluding carboxylic acids is 2. The molecule has 0 aliphatic carbocycles. The molecule has 3 heterocycles. The first kappa shape index (κ1) is 26.8. The topological polar surface area (TPSA) is 48.8 Å². The monoisotopic (exact) mass is 544 g/mol. The van der Waals surface area contributed by atoms with Crippen molar-refractivity contribution >= 4 is 17.5 Å². The highest BCUT2D eigenvalue weighted by Gasteiger charge is 2.30. The predicted molar refractivity (Wildman–Crippen MR) is 164 cm³/mol. The van der Waals surface area contributed by atoms with E-state index in [0.29, 0.717) is 37.4 Å². The molecule has 0 saturated carbocycles. The molecule has 0 unspecified atom stereocenters. The van der Waals surface area contributed by atoms with E-state index in [2.05, 4.69) is 54.2 Å². The van der Waals surface area contributed by atoms with Gasteiger partial charge in [-0.05, 0) is 72.0 Å². The summed E-state index contributed by atoms with van der Waals surface area (Å²) in [6.45, 7) is 12.9. The first-order valence-corrected chi connectivity index (χ1v) is 14.3. The normalized spacial score (nSPS) is 15.2. The molecule has 0 spiro atoms. The largest absolute Gasteiger partial charge is 0.335 e. The van der Waals surface area contributed by atoms with Crippen molar-refractivity contribution in [1.82, 2.24) is 14.4 Å². The SMILES string of the molecule is C=CCN1CCN(C(=O)c2ccc3n2Cc2ccccc2N(C(=O)c2ccc(-c4ccccc4C)c(C)c2)C3)CC1. The summed E-state index contributed by atoms with van der Waals surface area (Å²) in [5.74, 6) is 0.00642. The maximum absolute atomic E-state index is 14.1. The lowest BCUT2D eigenvalue weighted by Gasteiger charge is -2.34. The second kappa shape index (κ2) is 11.2. The summed E-state index contributed by atoms with van der Waals surface area (Å²) in [5.41, 5.74) is 8.80. The van der Waals surface area contributed by atoms with Crippen LogP contribution in [0.15, 0.2) is 91.5 Å². The van der Waals surface area contributed by atoms with Gasteiger partial charge in [-0.25, -0.2) is 0 Å². The smallest absolute Gasteiger partial charge is 0.270 e. The van der Waals surface area contributed by atoms with E-state index in [4.69, 9.17) is 0 Å². The van der Waals surface area contributed by atoms with Gasteiger partial charge < -0.3 is 14.4 Å². The fourth-order valence-corrected chi connectivity index (χ4v) is 6.14. The highest BCUT2D eigenvalue weighted by Crippen LogP contribution is 2.32. The molecule has 0 atom stereocenters. The van der Waals surface area contributed by atoms with Crippen LogP contribution in [0, 0.1) is 13.8 Å². The van der Waals surface area contributed by atoms with Crippen LogP contribution in [0.25, 0.3) is 11.1 Å². The summed E-state index contributed by atoms with van der Waals surface area (Å²) in [7, 11) is 0. The second-order valence-electron chi connectivity index (χ2n) is 11.0. The Bertz CT molecular complexity index is 1630. The number of anilines is 1. The van der Waals surface area contributed by atoms with Crippen LogP contribution in [0.4, 0.5) is 5.69 Å². The van der Waals surface area contributed by atoms with Crippen molar-refractivity contribution in [1.29, 1.82) is 0 Å². The van der Waals surface area contributed by atoms with Crippen LogP contribution < -0.4 is 4.90 Å². The summed E-state index contributed by atoms with van der Waals surface area (Å²) in [6, 6.07) is 26.3. The van der Waals surface area contributed by atoms with Crippen molar-refractivity contribution in [2.24, 2.45) is 0 Å². The lowest BCUT2D eigenvalue weighted by Crippen LogP contribution is -2.49. The van der Waals surface area contributed by atoms with Crippen molar-refractivity contribution in [3.05, 3.63) is 125 Å². The molecule has 0 radical (unpaired) electrons. The van der Waals surface area contributed by atoms with Gasteiger partial charge >= 0.3 is 0 Å². The number of amides is 2. The number of hydrogen-bond acceptors (Lipinski definition) is 3. The molecule has 6 nitrogen and oxygen atoms in total. The summed E-state index contributed by atoms with van der Waals surface area (Å²) < 4.78 is 2.09. The average Bonchev–Trinajstić information content (AvgIpc) is 3.30. The van der Waals surface area contributed by atoms with Crippen molar-refractivity contribution in [2.75, 3.05) is 37.6 Å². The molecule has 1 fully saturated rings. The second-order valence-corrected chi connectivity index (χ2v) is 11.0. The summed E-state index contributed by atoms with van der Waals surface area (Å²) in [6.07, 6.45) is 1.91. The molecule has 3 aromatic carbocycles. The number of para-hydroxylation sites is 1. The molecule has 208 valence electrons. The van der Waals surface area contributed by atoms with Crippen LogP contribution >= 0.6 is 0 Å². The number of benzene rings is 3. The number of fused-ring (bicyclic) bond motifs is 2. The fourth-order valence-electron chi connectivity index (χ4n) is 6.14. The Morgan fingerprint density at radius 3 is 2.27 bits per heavy atom. The van der Waals surface area contributed by atoms with Crippen molar-refractivity contribution in [3.63, 3.8) is 0 Å². The molecule has 0 bridgehead atoms. The van der Waals surface area contributed by atoms with Gasteiger partial charge in [-0.3, -0.25) is 14.5 Å². The minimum atomic E-state index is -0.0437. The van der Waals surface area contributed by atoms with E-state index in [1.54, 1.807) is 0 Å². The Kier molecular flexibility index (Phi) is 7.33. The third-order valence-electron chi connectivity index (χ3n) is 8.42. The maximum Gasteiger partial charge on any atom is 0.270 e. The molecule has 0 N–H and O–H groups in total. The van der Waals surface area contributed by atoms with Crippen LogP contribution in [0.2, 0.25) is 0 Å². The Balaban J connectivity index is 1.30. The minimum absolute atomic E-state index is 0.0437. The van der Waals surface area contributed by atoms with Gasteiger partial charge in [-0.15, -0.1) is 6.58 Å². The lowest BCUT2D eigenvalue weighted by molar-refractivity contribution is 0.0639. The first-order chi connectivity index (χ1) is 19.9. The van der Waals surface area contributed by atoms with E-state index in [-0.39, 0.29) is 11.8 Å². The lowest BCUT2D eigenvalue weighted by atomic mass is 9.95. The average molecular weight is 545 g/mol. The number of piperazine rings is 1. The molecule has 41 heavy (non-hydrogen) atoms. The van der Waals surface area contributed by atoms with E-state index in [1.165, 1.54) is 11.1 Å². The number of nitrogens with zero attached hydrogens (tertiary/aromatic N) is 4. The number of hydrogen-bond donors (Lipinski definition) is 0. The molecule has 1 saturated heterocycles. The molecule has 6 heteroatoms. The van der Waals surface area contributed by atoms with E-state index >= 15 is 0 Å². The van der Waals surface area contributed by atoms with Crippen molar-refractivity contribution in [2.45, 2.75) is 26.9 Å². The van der Waals surface area contributed by atoms with Crippen LogP contribution in [0.1, 0.15) is 43.2 Å². The molecule has 2 aliphatic heterocycles. The quantitative estimate of drug-likeness (QED) is 0.293. The van der Waals surface area contributed by atoms with Gasteiger partial charge in [0, 0.05) is 49.7 Å². The van der Waals surface area contributed by atoms with Crippen LogP contribution in [-0.4, -0.2) is 58.9 Å². The Labute approximate surface area is 242 Å². The van der Waals surface area contributed by atoms with Gasteiger partial charge in [0.15, 0.2) is 0 Å². The number of aryl methyl sites for hydroxylation is 2. The third-order valence-corrected chi connectivity index (χ3v) is 8.42. The summed E-state index contributed by atoms with van der Waals surface area (Å²) in [5, 5.41) is 0. The summed E-state index contributed by atoms with van der Waals surface area (Å²) >= 11 is 0. The number of carbonyl (C=O) groups is 2. The molecular formula is C35H36N4O2. The van der Waals surface area contributed by atoms with Gasteiger partial charge in [0.05, 0.1) is 13.1 Å². The van der Waals surface area contributed by atoms with E-state index in [0.717, 1.165) is 47.7 Å². The minimum Gasteiger partial charge on any atom is -0.335 e. The predicted octanol–water partition coefficient (Wildman–Crippen LogP) is 5.92. The zero-order valence-electron chi connectivity index (χ0n) is 23.8. The standard InChI is InChI=1S/C35H36N4O2/c1-4-17-36-18-20-37(21-19-36)35(41)33-16-14-29-24-39(32-12-8-6-10-28(32)23-38(29)33)34(40)27-13-15-31(26(3)22-27)30-11-7-5-9-25(30)2/h4-16,22H,1,17-21,23-24H2,2-3H3. The van der Waals surface area contributed by atoms with E-state index in [9.17, 15) is 9.59 Å². The molecular weight excluding hydrogens is 508 g/mol. The van der Waals surface area contributed by atoms with Gasteiger partial charge in [-0.1, -0.05) is 54.6 Å². The third kappa shape index (κ3) is 5.11. The molecule has 4 aromatic rings. The maximum atomic E-state index is 14.1. The number of aromatic nitrogens is 1. The van der Waals surface area contributed by atoms with Gasteiger partial charge in [0.25, 0.3) is 11.8 Å². The molecule has 1 aromatic heterocycles. The van der Waals surface area contributed by atoms with Gasteiger partial charge in [-0.2, -0.15) is 0 Å². The zero-order chi connectivity index (χ0) is 28.5. The number of rotatable bonds is 5. The first-order valence-electron chi connectivity index (χ1n) is 14.3. The van der Waals surface area contributed by atoms with Crippen molar-refractivity contribution in [3.8, 4) is 11.1 Å². The van der Waals surface area contributed by atoms with Gasteiger partial charge in [0.1, 0.15) is 5.69 Å². The van der Waals surface area contributed by atoms with Gasteiger partial charge in [0.2, 0.25) is 0 Å². The Morgan fingerprint density at radius 1 is 0.780 bits per heavy atom. The summed E-state index contributed by atoms with van der Waals surface area (Å²) in [4.78, 5) is 33.9. The highest BCUT2D eigenvalue weighted by molar-refractivity contribution is 6.07. The van der Waals surface area contributed by atoms with Crippen LogP contribution in [0.5, 0.6) is 0 Å². The highest BCUT2D eigenvalue weighted by atomic mass is 16.2. The van der Waals surface area contributed by atoms with E-state index < -0.39 is 0 Å². The van der Waals surface area contributed by atoms with Crippen LogP contribution in [0.3, 0.4) is 0 Å². The fraction of sp³-hybridized carbons (Fsp3) is 0.257. The van der Waals surface area contributed by atoms with Crippen LogP contribution in [-0.2, 0) is 13.1 Å². The molecule has 2 aliphatic rings. The van der Waals surface area contributed by atoms with Crippen molar-refractivity contribution < 1.29 is 9.59 Å².